The second-order valence-electron chi connectivity index (χ2n) is 6.47. The molecule has 16 heavy (non-hydrogen) atoms. The summed E-state index contributed by atoms with van der Waals surface area (Å²) in [5.74, 6) is 0.989. The van der Waals surface area contributed by atoms with Crippen LogP contribution in [0.25, 0.3) is 0 Å². The number of nitrogens with one attached hydrogen (secondary N) is 1. The van der Waals surface area contributed by atoms with Crippen molar-refractivity contribution in [2.24, 2.45) is 11.3 Å². The van der Waals surface area contributed by atoms with E-state index < -0.39 is 0 Å². The zero-order chi connectivity index (χ0) is 12.3. The van der Waals surface area contributed by atoms with Crippen LogP contribution >= 0.6 is 0 Å². The minimum atomic E-state index is 0.341. The van der Waals surface area contributed by atoms with E-state index in [1.165, 1.54) is 25.9 Å². The van der Waals surface area contributed by atoms with Crippen LogP contribution in [-0.2, 0) is 0 Å². The third-order valence-corrected chi connectivity index (χ3v) is 4.14. The van der Waals surface area contributed by atoms with Crippen molar-refractivity contribution in [3.05, 3.63) is 0 Å². The summed E-state index contributed by atoms with van der Waals surface area (Å²) in [5, 5.41) is 3.39. The zero-order valence-corrected chi connectivity index (χ0v) is 12.0. The molecule has 1 rings (SSSR count). The average molecular weight is 226 g/mol. The van der Waals surface area contributed by atoms with Crippen LogP contribution in [0.2, 0.25) is 0 Å². The molecule has 2 nitrogen and oxygen atoms in total. The fourth-order valence-corrected chi connectivity index (χ4v) is 2.14. The predicted molar refractivity (Wildman–Crippen MR) is 71.7 cm³/mol. The summed E-state index contributed by atoms with van der Waals surface area (Å²) < 4.78 is 0. The molecule has 0 bridgehead atoms. The maximum atomic E-state index is 3.39. The quantitative estimate of drug-likeness (QED) is 0.718. The van der Waals surface area contributed by atoms with Crippen molar-refractivity contribution >= 4 is 0 Å². The van der Waals surface area contributed by atoms with Crippen molar-refractivity contribution in [1.82, 2.24) is 10.2 Å². The Balaban J connectivity index is 2.51. The van der Waals surface area contributed by atoms with Crippen molar-refractivity contribution in [2.75, 3.05) is 20.1 Å². The first-order chi connectivity index (χ1) is 7.36. The third kappa shape index (κ3) is 4.06. The van der Waals surface area contributed by atoms with Crippen LogP contribution in [0.4, 0.5) is 0 Å². The first kappa shape index (κ1) is 14.0. The molecule has 0 spiro atoms. The molecule has 1 atom stereocenters. The molecule has 1 fully saturated rings. The Morgan fingerprint density at radius 1 is 1.25 bits per heavy atom. The van der Waals surface area contributed by atoms with Gasteiger partial charge in [0, 0.05) is 25.2 Å². The van der Waals surface area contributed by atoms with Crippen LogP contribution in [0.15, 0.2) is 0 Å². The molecule has 0 saturated heterocycles. The Bertz CT molecular complexity index is 207. The van der Waals surface area contributed by atoms with Crippen LogP contribution in [0.3, 0.4) is 0 Å². The number of nitrogens with zero attached hydrogens (tertiary/aromatic N) is 1. The highest BCUT2D eigenvalue weighted by molar-refractivity contribution is 4.86. The Morgan fingerprint density at radius 2 is 1.81 bits per heavy atom. The first-order valence-electron chi connectivity index (χ1n) is 6.78. The van der Waals surface area contributed by atoms with Crippen LogP contribution in [-0.4, -0.2) is 37.1 Å². The van der Waals surface area contributed by atoms with Gasteiger partial charge in [-0.15, -0.1) is 0 Å². The highest BCUT2D eigenvalue weighted by Gasteiger charge is 2.31. The van der Waals surface area contributed by atoms with E-state index in [2.05, 4.69) is 51.9 Å². The summed E-state index contributed by atoms with van der Waals surface area (Å²) in [5.41, 5.74) is 0.341. The van der Waals surface area contributed by atoms with Gasteiger partial charge in [0.05, 0.1) is 0 Å². The topological polar surface area (TPSA) is 15.3 Å². The predicted octanol–water partition coefficient (Wildman–Crippen LogP) is 2.74. The van der Waals surface area contributed by atoms with E-state index in [1.807, 2.05) is 0 Å². The normalized spacial score (nSPS) is 19.5. The van der Waals surface area contributed by atoms with Gasteiger partial charge in [-0.05, 0) is 52.0 Å². The second kappa shape index (κ2) is 5.50. The van der Waals surface area contributed by atoms with Crippen LogP contribution < -0.4 is 5.32 Å². The summed E-state index contributed by atoms with van der Waals surface area (Å²) in [6, 6.07) is 1.23. The van der Waals surface area contributed by atoms with E-state index in [9.17, 15) is 0 Å². The Morgan fingerprint density at radius 3 is 2.19 bits per heavy atom. The summed E-state index contributed by atoms with van der Waals surface area (Å²) in [6.45, 7) is 14.2. The van der Waals surface area contributed by atoms with E-state index in [0.29, 0.717) is 17.5 Å². The lowest BCUT2D eigenvalue weighted by atomic mass is 9.84. The monoisotopic (exact) mass is 226 g/mol. The van der Waals surface area contributed by atoms with Crippen LogP contribution in [0.5, 0.6) is 0 Å². The molecule has 0 radical (unpaired) electrons. The lowest BCUT2D eigenvalue weighted by Gasteiger charge is -2.39. The van der Waals surface area contributed by atoms with Crippen molar-refractivity contribution in [1.29, 1.82) is 0 Å². The van der Waals surface area contributed by atoms with Crippen LogP contribution in [0.1, 0.15) is 47.5 Å². The molecule has 1 saturated carbocycles. The van der Waals surface area contributed by atoms with E-state index in [1.54, 1.807) is 0 Å². The van der Waals surface area contributed by atoms with E-state index >= 15 is 0 Å². The lowest BCUT2D eigenvalue weighted by Crippen LogP contribution is -2.48. The number of rotatable bonds is 7. The molecule has 1 aliphatic carbocycles. The van der Waals surface area contributed by atoms with Gasteiger partial charge in [0.1, 0.15) is 0 Å². The van der Waals surface area contributed by atoms with Gasteiger partial charge in [-0.3, -0.25) is 0 Å². The molecule has 0 aromatic rings. The van der Waals surface area contributed by atoms with Crippen LogP contribution in [0, 0.1) is 11.3 Å². The van der Waals surface area contributed by atoms with Gasteiger partial charge in [-0.2, -0.15) is 0 Å². The SMILES string of the molecule is CNC(C)C(C)(C)CN(CC1CC1)C(C)C. The van der Waals surface area contributed by atoms with Crippen molar-refractivity contribution in [2.45, 2.75) is 59.5 Å². The van der Waals surface area contributed by atoms with E-state index in [-0.39, 0.29) is 0 Å². The minimum absolute atomic E-state index is 0.341. The molecule has 1 N–H and O–H groups in total. The third-order valence-electron chi connectivity index (χ3n) is 4.14. The van der Waals surface area contributed by atoms with Crippen molar-refractivity contribution < 1.29 is 0 Å². The average Bonchev–Trinajstić information content (AvgIpc) is 2.98. The summed E-state index contributed by atoms with van der Waals surface area (Å²) in [4.78, 5) is 2.66. The fraction of sp³-hybridized carbons (Fsp3) is 1.00. The molecule has 0 aromatic carbocycles. The maximum Gasteiger partial charge on any atom is 0.00991 e. The molecular formula is C14H30N2. The number of hydrogen-bond donors (Lipinski definition) is 1. The summed E-state index contributed by atoms with van der Waals surface area (Å²) >= 11 is 0. The zero-order valence-electron chi connectivity index (χ0n) is 12.0. The first-order valence-corrected chi connectivity index (χ1v) is 6.78. The standard InChI is InChI=1S/C14H30N2/c1-11(2)16(9-13-7-8-13)10-14(4,5)12(3)15-6/h11-13,15H,7-10H2,1-6H3. The van der Waals surface area contributed by atoms with Gasteiger partial charge in [-0.1, -0.05) is 13.8 Å². The van der Waals surface area contributed by atoms with E-state index in [4.69, 9.17) is 0 Å². The van der Waals surface area contributed by atoms with Gasteiger partial charge in [0.15, 0.2) is 0 Å². The molecule has 1 aliphatic rings. The van der Waals surface area contributed by atoms with Gasteiger partial charge >= 0.3 is 0 Å². The molecule has 1 unspecified atom stereocenters. The number of hydrogen-bond acceptors (Lipinski definition) is 2. The van der Waals surface area contributed by atoms with Crippen molar-refractivity contribution in [3.63, 3.8) is 0 Å². The molecule has 0 heterocycles. The molecule has 96 valence electrons. The maximum absolute atomic E-state index is 3.39. The molecule has 0 aliphatic heterocycles. The summed E-state index contributed by atoms with van der Waals surface area (Å²) in [6.07, 6.45) is 2.90. The Kier molecular flexibility index (Phi) is 4.81. The molecule has 0 aromatic heterocycles. The lowest BCUT2D eigenvalue weighted by molar-refractivity contribution is 0.115. The van der Waals surface area contributed by atoms with Gasteiger partial charge in [0.25, 0.3) is 0 Å². The molecule has 2 heteroatoms. The summed E-state index contributed by atoms with van der Waals surface area (Å²) in [7, 11) is 2.06. The fourth-order valence-electron chi connectivity index (χ4n) is 2.14. The molecular weight excluding hydrogens is 196 g/mol. The van der Waals surface area contributed by atoms with Crippen molar-refractivity contribution in [3.8, 4) is 0 Å². The highest BCUT2D eigenvalue weighted by atomic mass is 15.2. The highest BCUT2D eigenvalue weighted by Crippen LogP contribution is 2.32. The Hall–Kier alpha value is -0.0800. The van der Waals surface area contributed by atoms with Gasteiger partial charge < -0.3 is 10.2 Å². The molecule has 0 amide bonds. The largest absolute Gasteiger partial charge is 0.317 e. The van der Waals surface area contributed by atoms with E-state index in [0.717, 1.165) is 5.92 Å². The second-order valence-corrected chi connectivity index (χ2v) is 6.47. The minimum Gasteiger partial charge on any atom is -0.317 e. The van der Waals surface area contributed by atoms with Gasteiger partial charge in [-0.25, -0.2) is 0 Å². The smallest absolute Gasteiger partial charge is 0.00991 e. The van der Waals surface area contributed by atoms with Gasteiger partial charge in [0.2, 0.25) is 0 Å². The Labute approximate surface area is 102 Å².